The molecule has 2 saturated carbocycles. The highest BCUT2D eigenvalue weighted by molar-refractivity contribution is 7.89. The summed E-state index contributed by atoms with van der Waals surface area (Å²) in [4.78, 5) is 0.266. The SMILES string of the molecule is CC(C)(NS(=O)(=O)c1cc(CO)n(C2CC2)c1)C1CC1. The van der Waals surface area contributed by atoms with Gasteiger partial charge in [-0.25, -0.2) is 13.1 Å². The largest absolute Gasteiger partial charge is 0.390 e. The van der Waals surface area contributed by atoms with Gasteiger partial charge in [0.05, 0.1) is 6.61 Å². The van der Waals surface area contributed by atoms with Crippen LogP contribution in [0.25, 0.3) is 0 Å². The molecular weight excluding hydrogens is 276 g/mol. The molecule has 1 heterocycles. The van der Waals surface area contributed by atoms with Crippen molar-refractivity contribution in [2.75, 3.05) is 0 Å². The van der Waals surface area contributed by atoms with Crippen LogP contribution >= 0.6 is 0 Å². The maximum Gasteiger partial charge on any atom is 0.242 e. The van der Waals surface area contributed by atoms with E-state index >= 15 is 0 Å². The highest BCUT2D eigenvalue weighted by Crippen LogP contribution is 2.40. The van der Waals surface area contributed by atoms with Crippen LogP contribution in [0, 0.1) is 5.92 Å². The summed E-state index contributed by atoms with van der Waals surface area (Å²) in [5.74, 6) is 0.431. The van der Waals surface area contributed by atoms with Crippen molar-refractivity contribution in [2.24, 2.45) is 5.92 Å². The molecule has 0 bridgehead atoms. The number of rotatable bonds is 6. The topological polar surface area (TPSA) is 71.3 Å². The summed E-state index contributed by atoms with van der Waals surface area (Å²) in [7, 11) is -3.52. The van der Waals surface area contributed by atoms with Crippen molar-refractivity contribution in [3.05, 3.63) is 18.0 Å². The Bertz CT molecular complexity index is 610. The molecule has 0 spiro atoms. The predicted octanol–water partition coefficient (Wildman–Crippen LogP) is 1.78. The Morgan fingerprint density at radius 3 is 2.50 bits per heavy atom. The quantitative estimate of drug-likeness (QED) is 0.841. The highest BCUT2D eigenvalue weighted by Gasteiger charge is 2.41. The fourth-order valence-corrected chi connectivity index (χ4v) is 4.28. The molecule has 2 fully saturated rings. The Labute approximate surface area is 120 Å². The van der Waals surface area contributed by atoms with E-state index in [9.17, 15) is 13.5 Å². The molecule has 0 aliphatic heterocycles. The van der Waals surface area contributed by atoms with E-state index in [0.29, 0.717) is 17.7 Å². The van der Waals surface area contributed by atoms with Crippen molar-refractivity contribution < 1.29 is 13.5 Å². The van der Waals surface area contributed by atoms with Crippen molar-refractivity contribution in [2.45, 2.75) is 62.6 Å². The smallest absolute Gasteiger partial charge is 0.242 e. The van der Waals surface area contributed by atoms with Gasteiger partial charge in [-0.2, -0.15) is 0 Å². The minimum atomic E-state index is -3.52. The fraction of sp³-hybridized carbons (Fsp3) is 0.714. The third-order valence-corrected chi connectivity index (χ3v) is 5.95. The summed E-state index contributed by atoms with van der Waals surface area (Å²) in [5.41, 5.74) is 0.275. The monoisotopic (exact) mass is 298 g/mol. The first-order chi connectivity index (χ1) is 9.33. The normalized spacial score (nSPS) is 20.4. The van der Waals surface area contributed by atoms with Crippen molar-refractivity contribution in [1.29, 1.82) is 0 Å². The van der Waals surface area contributed by atoms with Crippen LogP contribution in [0.4, 0.5) is 0 Å². The number of nitrogens with one attached hydrogen (secondary N) is 1. The molecule has 0 aromatic carbocycles. The van der Waals surface area contributed by atoms with Gasteiger partial charge in [-0.3, -0.25) is 0 Å². The molecule has 2 aliphatic carbocycles. The number of aromatic nitrogens is 1. The molecule has 2 N–H and O–H groups in total. The molecule has 0 radical (unpaired) electrons. The minimum absolute atomic E-state index is 0.127. The van der Waals surface area contributed by atoms with Crippen molar-refractivity contribution in [3.63, 3.8) is 0 Å². The van der Waals surface area contributed by atoms with Gasteiger partial charge in [0, 0.05) is 23.5 Å². The predicted molar refractivity (Wildman–Crippen MR) is 75.8 cm³/mol. The zero-order valence-electron chi connectivity index (χ0n) is 12.0. The minimum Gasteiger partial charge on any atom is -0.390 e. The molecule has 0 amide bonds. The molecule has 20 heavy (non-hydrogen) atoms. The molecule has 2 aliphatic rings. The van der Waals surface area contributed by atoms with Crippen LogP contribution in [0.5, 0.6) is 0 Å². The second-order valence-corrected chi connectivity index (χ2v) is 8.25. The lowest BCUT2D eigenvalue weighted by atomic mass is 10.0. The average Bonchev–Trinajstić information content (AvgIpc) is 3.22. The molecule has 112 valence electrons. The van der Waals surface area contributed by atoms with Gasteiger partial charge < -0.3 is 9.67 Å². The van der Waals surface area contributed by atoms with Gasteiger partial charge in [-0.15, -0.1) is 0 Å². The summed E-state index contributed by atoms with van der Waals surface area (Å²) in [6.07, 6.45) is 5.94. The maximum absolute atomic E-state index is 12.5. The lowest BCUT2D eigenvalue weighted by molar-refractivity contribution is 0.270. The third kappa shape index (κ3) is 2.64. The fourth-order valence-electron chi connectivity index (χ4n) is 2.76. The first kappa shape index (κ1) is 14.1. The van der Waals surface area contributed by atoms with Gasteiger partial charge in [0.25, 0.3) is 0 Å². The zero-order valence-corrected chi connectivity index (χ0v) is 12.8. The van der Waals surface area contributed by atoms with Crippen LogP contribution in [0.1, 0.15) is 51.3 Å². The van der Waals surface area contributed by atoms with E-state index in [1.807, 2.05) is 18.4 Å². The standard InChI is InChI=1S/C14H22N2O3S/c1-14(2,10-3-4-10)15-20(18,19)13-7-12(9-17)16(8-13)11-5-6-11/h7-8,10-11,15,17H,3-6,9H2,1-2H3. The molecule has 1 aromatic rings. The summed E-state index contributed by atoms with van der Waals surface area (Å²) < 4.78 is 29.7. The molecule has 0 unspecified atom stereocenters. The van der Waals surface area contributed by atoms with E-state index in [4.69, 9.17) is 0 Å². The number of hydrogen-bond donors (Lipinski definition) is 2. The van der Waals surface area contributed by atoms with Gasteiger partial charge in [-0.05, 0) is 51.5 Å². The summed E-state index contributed by atoms with van der Waals surface area (Å²) in [6, 6.07) is 1.95. The molecular formula is C14H22N2O3S. The van der Waals surface area contributed by atoms with Crippen LogP contribution in [0.15, 0.2) is 17.2 Å². The van der Waals surface area contributed by atoms with Crippen LogP contribution in [0.2, 0.25) is 0 Å². The van der Waals surface area contributed by atoms with E-state index < -0.39 is 15.6 Å². The number of nitrogens with zero attached hydrogens (tertiary/aromatic N) is 1. The second-order valence-electron chi connectivity index (χ2n) is 6.57. The summed E-state index contributed by atoms with van der Waals surface area (Å²) >= 11 is 0. The zero-order chi connectivity index (χ0) is 14.5. The van der Waals surface area contributed by atoms with Gasteiger partial charge in [0.15, 0.2) is 0 Å². The van der Waals surface area contributed by atoms with Crippen molar-refractivity contribution >= 4 is 10.0 Å². The average molecular weight is 298 g/mol. The Hall–Kier alpha value is -0.850. The highest BCUT2D eigenvalue weighted by atomic mass is 32.2. The molecule has 6 heteroatoms. The number of aliphatic hydroxyl groups excluding tert-OH is 1. The van der Waals surface area contributed by atoms with Crippen LogP contribution in [0.3, 0.4) is 0 Å². The lowest BCUT2D eigenvalue weighted by Crippen LogP contribution is -2.44. The van der Waals surface area contributed by atoms with Crippen molar-refractivity contribution in [3.8, 4) is 0 Å². The van der Waals surface area contributed by atoms with E-state index in [1.165, 1.54) is 0 Å². The first-order valence-electron chi connectivity index (χ1n) is 7.19. The lowest BCUT2D eigenvalue weighted by Gasteiger charge is -2.25. The Kier molecular flexibility index (Phi) is 3.23. The molecule has 0 saturated heterocycles. The Balaban J connectivity index is 1.87. The molecule has 5 nitrogen and oxygen atoms in total. The van der Waals surface area contributed by atoms with Gasteiger partial charge in [-0.1, -0.05) is 0 Å². The van der Waals surface area contributed by atoms with Gasteiger partial charge in [0.1, 0.15) is 4.90 Å². The molecule has 3 rings (SSSR count). The first-order valence-corrected chi connectivity index (χ1v) is 8.67. The van der Waals surface area contributed by atoms with Crippen molar-refractivity contribution in [1.82, 2.24) is 9.29 Å². The van der Waals surface area contributed by atoms with E-state index in [2.05, 4.69) is 4.72 Å². The van der Waals surface area contributed by atoms with E-state index in [1.54, 1.807) is 12.3 Å². The van der Waals surface area contributed by atoms with Gasteiger partial charge >= 0.3 is 0 Å². The van der Waals surface area contributed by atoms with Crippen LogP contribution < -0.4 is 4.72 Å². The Morgan fingerprint density at radius 1 is 1.35 bits per heavy atom. The van der Waals surface area contributed by atoms with Gasteiger partial charge in [0.2, 0.25) is 10.0 Å². The Morgan fingerprint density at radius 2 is 2.00 bits per heavy atom. The molecule has 0 atom stereocenters. The van der Waals surface area contributed by atoms with Crippen LogP contribution in [-0.4, -0.2) is 23.6 Å². The number of hydrogen-bond acceptors (Lipinski definition) is 3. The maximum atomic E-state index is 12.5. The van der Waals surface area contributed by atoms with E-state index in [0.717, 1.165) is 25.7 Å². The summed E-state index contributed by atoms with van der Waals surface area (Å²) in [6.45, 7) is 3.75. The number of sulfonamides is 1. The van der Waals surface area contributed by atoms with E-state index in [-0.39, 0.29) is 11.5 Å². The second kappa shape index (κ2) is 4.58. The molecule has 1 aromatic heterocycles. The summed E-state index contributed by atoms with van der Waals surface area (Å²) in [5, 5.41) is 9.37. The third-order valence-electron chi connectivity index (χ3n) is 4.31. The number of aliphatic hydroxyl groups is 1. The van der Waals surface area contributed by atoms with Crippen LogP contribution in [-0.2, 0) is 16.6 Å².